The van der Waals surface area contributed by atoms with Crippen LogP contribution in [0.15, 0.2) is 48.5 Å². The van der Waals surface area contributed by atoms with E-state index < -0.39 is 5.72 Å². The molecule has 7 heteroatoms. The minimum absolute atomic E-state index is 0.0152. The molecule has 35 heavy (non-hydrogen) atoms. The van der Waals surface area contributed by atoms with Crippen LogP contribution in [0, 0.1) is 0 Å². The maximum Gasteiger partial charge on any atom is 0.252 e. The highest BCUT2D eigenvalue weighted by molar-refractivity contribution is 6.30. The third kappa shape index (κ3) is 2.58. The molecule has 0 radical (unpaired) electrons. The van der Waals surface area contributed by atoms with Crippen molar-refractivity contribution >= 4 is 49.5 Å². The van der Waals surface area contributed by atoms with E-state index in [1.54, 1.807) is 7.11 Å². The molecule has 7 nitrogen and oxygen atoms in total. The van der Waals surface area contributed by atoms with Crippen LogP contribution in [0.3, 0.4) is 0 Å². The molecule has 0 saturated carbocycles. The molecule has 5 aromatic rings. The van der Waals surface area contributed by atoms with Gasteiger partial charge in [0.15, 0.2) is 5.72 Å². The molecule has 1 saturated heterocycles. The van der Waals surface area contributed by atoms with Crippen LogP contribution in [-0.4, -0.2) is 48.4 Å². The van der Waals surface area contributed by atoms with Gasteiger partial charge in [0.25, 0.3) is 5.91 Å². The Kier molecular flexibility index (Phi) is 4.37. The Labute approximate surface area is 202 Å². The number of hydrogen-bond acceptors (Lipinski definition) is 4. The van der Waals surface area contributed by atoms with Gasteiger partial charge in [-0.3, -0.25) is 4.79 Å². The highest BCUT2D eigenvalue weighted by Crippen LogP contribution is 2.47. The smallest absolute Gasteiger partial charge is 0.252 e. The normalized spacial score (nSPS) is 24.6. The summed E-state index contributed by atoms with van der Waals surface area (Å²) in [5, 5.41) is 10.8. The second-order valence-corrected chi connectivity index (χ2v) is 9.78. The molecule has 3 atom stereocenters. The van der Waals surface area contributed by atoms with E-state index in [0.717, 1.165) is 61.2 Å². The van der Waals surface area contributed by atoms with Gasteiger partial charge in [-0.2, -0.15) is 0 Å². The van der Waals surface area contributed by atoms with Gasteiger partial charge in [0.05, 0.1) is 28.7 Å². The number of methoxy groups -OCH3 is 1. The molecule has 2 aliphatic heterocycles. The van der Waals surface area contributed by atoms with E-state index in [-0.39, 0.29) is 18.1 Å². The van der Waals surface area contributed by atoms with Crippen LogP contribution in [-0.2, 0) is 21.7 Å². The highest BCUT2D eigenvalue weighted by Gasteiger charge is 2.47. The number of aromatic nitrogens is 2. The second kappa shape index (κ2) is 7.31. The summed E-state index contributed by atoms with van der Waals surface area (Å²) in [6, 6.07) is 16.8. The molecule has 1 fully saturated rings. The predicted octanol–water partition coefficient (Wildman–Crippen LogP) is 4.37. The molecule has 178 valence electrons. The summed E-state index contributed by atoms with van der Waals surface area (Å²) in [5.41, 5.74) is 5.15. The molecule has 2 aliphatic rings. The third-order valence-electron chi connectivity index (χ3n) is 8.11. The molecular weight excluding hydrogens is 440 g/mol. The van der Waals surface area contributed by atoms with E-state index in [0.29, 0.717) is 13.2 Å². The average molecular weight is 469 g/mol. The molecule has 7 rings (SSSR count). The summed E-state index contributed by atoms with van der Waals surface area (Å²) < 4.78 is 15.1. The Morgan fingerprint density at radius 2 is 1.89 bits per heavy atom. The Hall–Kier alpha value is -3.39. The number of aromatic amines is 1. The van der Waals surface area contributed by atoms with E-state index in [1.807, 2.05) is 19.2 Å². The number of rotatable bonds is 3. The maximum absolute atomic E-state index is 13.2. The van der Waals surface area contributed by atoms with Gasteiger partial charge in [0, 0.05) is 46.8 Å². The average Bonchev–Trinajstić information content (AvgIpc) is 3.55. The van der Waals surface area contributed by atoms with E-state index in [2.05, 4.69) is 63.5 Å². The number of carbonyl (C=O) groups excluding carboxylic acids is 1. The first kappa shape index (κ1) is 20.9. The second-order valence-electron chi connectivity index (χ2n) is 9.78. The van der Waals surface area contributed by atoms with Gasteiger partial charge in [-0.15, -0.1) is 0 Å². The van der Waals surface area contributed by atoms with Crippen molar-refractivity contribution in [1.29, 1.82) is 0 Å². The van der Waals surface area contributed by atoms with Crippen LogP contribution < -0.4 is 10.6 Å². The summed E-state index contributed by atoms with van der Waals surface area (Å²) in [7, 11) is 3.74. The Bertz CT molecular complexity index is 1670. The van der Waals surface area contributed by atoms with Gasteiger partial charge >= 0.3 is 0 Å². The zero-order valence-electron chi connectivity index (χ0n) is 20.1. The molecule has 2 aromatic heterocycles. The standard InChI is InChI=1S/C28H28N4O3/c1-28(26(34-3)19(29-2)12-13-35-28)32-20-11-7-5-9-16(20)21-17-14-30-27(33)23(17)22-15-8-4-6-10-18(15)31-24(22)25(21)32/h4-11,19,26,29,31H,12-14H2,1-3H3,(H,30,33)/t19-,26-,28?/m0/s1. The van der Waals surface area contributed by atoms with Crippen molar-refractivity contribution in [3.05, 3.63) is 59.7 Å². The number of amides is 1. The van der Waals surface area contributed by atoms with Gasteiger partial charge in [-0.1, -0.05) is 36.4 Å². The van der Waals surface area contributed by atoms with Gasteiger partial charge in [-0.05, 0) is 38.1 Å². The van der Waals surface area contributed by atoms with Crippen LogP contribution in [0.5, 0.6) is 0 Å². The fourth-order valence-corrected chi connectivity index (χ4v) is 6.65. The van der Waals surface area contributed by atoms with Crippen molar-refractivity contribution in [3.8, 4) is 0 Å². The first-order valence-corrected chi connectivity index (χ1v) is 12.2. The number of hydrogen-bond donors (Lipinski definition) is 3. The zero-order chi connectivity index (χ0) is 23.9. The van der Waals surface area contributed by atoms with Crippen LogP contribution in [0.25, 0.3) is 43.6 Å². The molecule has 0 spiro atoms. The quantitative estimate of drug-likeness (QED) is 0.367. The number of likely N-dealkylation sites (N-methyl/N-ethyl adjacent to an activating group) is 1. The Morgan fingerprint density at radius 3 is 2.69 bits per heavy atom. The Morgan fingerprint density at radius 1 is 1.11 bits per heavy atom. The fraction of sp³-hybridized carbons (Fsp3) is 0.321. The lowest BCUT2D eigenvalue weighted by atomic mass is 9.93. The van der Waals surface area contributed by atoms with Crippen molar-refractivity contribution in [1.82, 2.24) is 20.2 Å². The maximum atomic E-state index is 13.2. The first-order chi connectivity index (χ1) is 17.1. The molecule has 0 bridgehead atoms. The van der Waals surface area contributed by atoms with Gasteiger partial charge in [0.2, 0.25) is 0 Å². The summed E-state index contributed by atoms with van der Waals surface area (Å²) in [6.07, 6.45) is 0.657. The fourth-order valence-electron chi connectivity index (χ4n) is 6.65. The summed E-state index contributed by atoms with van der Waals surface area (Å²) in [4.78, 5) is 16.8. The third-order valence-corrected chi connectivity index (χ3v) is 8.11. The van der Waals surface area contributed by atoms with Crippen molar-refractivity contribution in [2.75, 3.05) is 20.8 Å². The molecule has 3 N–H and O–H groups in total. The monoisotopic (exact) mass is 468 g/mol. The largest absolute Gasteiger partial charge is 0.375 e. The topological polar surface area (TPSA) is 80.3 Å². The number of fused-ring (bicyclic) bond motifs is 10. The van der Waals surface area contributed by atoms with E-state index in [9.17, 15) is 4.79 Å². The zero-order valence-corrected chi connectivity index (χ0v) is 20.1. The van der Waals surface area contributed by atoms with Crippen molar-refractivity contribution in [3.63, 3.8) is 0 Å². The highest BCUT2D eigenvalue weighted by atomic mass is 16.6. The predicted molar refractivity (Wildman–Crippen MR) is 138 cm³/mol. The minimum atomic E-state index is -0.767. The number of para-hydroxylation sites is 2. The summed E-state index contributed by atoms with van der Waals surface area (Å²) in [6.45, 7) is 3.26. The lowest BCUT2D eigenvalue weighted by Crippen LogP contribution is -2.59. The number of ether oxygens (including phenoxy) is 2. The van der Waals surface area contributed by atoms with Crippen molar-refractivity contribution in [2.24, 2.45) is 0 Å². The lowest BCUT2D eigenvalue weighted by molar-refractivity contribution is -0.209. The molecular formula is C28H28N4O3. The van der Waals surface area contributed by atoms with Crippen molar-refractivity contribution in [2.45, 2.75) is 37.8 Å². The SMILES string of the molecule is CN[C@H]1CCOC(C)(n2c3ccccc3c3c4c(c5c6ccccc6[nH]c5c32)C(=O)NC4)[C@H]1OC. The number of carbonyl (C=O) groups is 1. The number of benzene rings is 3. The first-order valence-electron chi connectivity index (χ1n) is 12.2. The number of H-pyrrole nitrogens is 1. The van der Waals surface area contributed by atoms with E-state index in [4.69, 9.17) is 9.47 Å². The molecule has 3 aromatic carbocycles. The van der Waals surface area contributed by atoms with E-state index >= 15 is 0 Å². The van der Waals surface area contributed by atoms with E-state index in [1.165, 1.54) is 0 Å². The van der Waals surface area contributed by atoms with Gasteiger partial charge < -0.3 is 29.7 Å². The molecule has 1 unspecified atom stereocenters. The van der Waals surface area contributed by atoms with Crippen molar-refractivity contribution < 1.29 is 14.3 Å². The van der Waals surface area contributed by atoms with Crippen LogP contribution in [0.2, 0.25) is 0 Å². The van der Waals surface area contributed by atoms with Crippen LogP contribution in [0.4, 0.5) is 0 Å². The number of nitrogens with one attached hydrogen (secondary N) is 3. The molecule has 1 amide bonds. The van der Waals surface area contributed by atoms with Gasteiger partial charge in [-0.25, -0.2) is 0 Å². The summed E-state index contributed by atoms with van der Waals surface area (Å²) >= 11 is 0. The van der Waals surface area contributed by atoms with Gasteiger partial charge in [0.1, 0.15) is 6.10 Å². The summed E-state index contributed by atoms with van der Waals surface area (Å²) in [5.74, 6) is -0.0152. The van der Waals surface area contributed by atoms with Crippen LogP contribution >= 0.6 is 0 Å². The van der Waals surface area contributed by atoms with Crippen LogP contribution in [0.1, 0.15) is 29.3 Å². The lowest BCUT2D eigenvalue weighted by Gasteiger charge is -2.46. The number of nitrogens with zero attached hydrogens (tertiary/aromatic N) is 1. The molecule has 4 heterocycles. The molecule has 0 aliphatic carbocycles. The minimum Gasteiger partial charge on any atom is -0.375 e. The Balaban J connectivity index is 1.73.